The number of carbonyl (C=O) groups is 2. The van der Waals surface area contributed by atoms with E-state index in [0.717, 1.165) is 11.3 Å². The number of nitrogens with one attached hydrogen (secondary N) is 2. The molecule has 2 N–H and O–H groups in total. The lowest BCUT2D eigenvalue weighted by Crippen LogP contribution is -2.53. The molecule has 3 amide bonds. The molecule has 0 saturated carbocycles. The van der Waals surface area contributed by atoms with Crippen molar-refractivity contribution in [3.8, 4) is 5.88 Å². The number of urea groups is 1. The number of benzene rings is 1. The highest BCUT2D eigenvalue weighted by atomic mass is 16.5. The van der Waals surface area contributed by atoms with Crippen LogP contribution in [0.4, 0.5) is 16.4 Å². The summed E-state index contributed by atoms with van der Waals surface area (Å²) in [5.74, 6) is 1.01. The number of aromatic nitrogens is 2. The number of piperazine rings is 1. The Kier molecular flexibility index (Phi) is 4.96. The normalized spacial score (nSPS) is 18.9. The largest absolute Gasteiger partial charge is 0.481 e. The van der Waals surface area contributed by atoms with Gasteiger partial charge in [-0.1, -0.05) is 18.2 Å². The molecule has 0 unspecified atom stereocenters. The molecule has 28 heavy (non-hydrogen) atoms. The maximum atomic E-state index is 12.7. The van der Waals surface area contributed by atoms with Crippen molar-refractivity contribution in [2.24, 2.45) is 0 Å². The summed E-state index contributed by atoms with van der Waals surface area (Å²) >= 11 is 0. The number of carbonyl (C=O) groups excluding carboxylic acids is 2. The molecule has 0 aliphatic carbocycles. The van der Waals surface area contributed by atoms with Gasteiger partial charge in [0.1, 0.15) is 0 Å². The Morgan fingerprint density at radius 2 is 2.00 bits per heavy atom. The summed E-state index contributed by atoms with van der Waals surface area (Å²) in [6.45, 7) is 2.35. The number of fused-ring (bicyclic) bond motifs is 1. The Morgan fingerprint density at radius 3 is 2.79 bits per heavy atom. The zero-order valence-corrected chi connectivity index (χ0v) is 15.6. The first-order valence-electron chi connectivity index (χ1n) is 9.20. The van der Waals surface area contributed by atoms with Gasteiger partial charge in [0.25, 0.3) is 0 Å². The molecule has 0 spiro atoms. The number of ether oxygens (including phenoxy) is 1. The summed E-state index contributed by atoms with van der Waals surface area (Å²) in [5.41, 5.74) is 1.68. The van der Waals surface area contributed by atoms with E-state index in [1.807, 2.05) is 29.2 Å². The van der Waals surface area contributed by atoms with Gasteiger partial charge in [-0.25, -0.2) is 9.78 Å². The average Bonchev–Trinajstić information content (AvgIpc) is 2.73. The molecule has 1 atom stereocenters. The van der Waals surface area contributed by atoms with E-state index >= 15 is 0 Å². The van der Waals surface area contributed by atoms with Gasteiger partial charge in [-0.15, -0.1) is 0 Å². The molecule has 0 radical (unpaired) electrons. The lowest BCUT2D eigenvalue weighted by molar-refractivity contribution is -0.116. The highest BCUT2D eigenvalue weighted by Gasteiger charge is 2.29. The van der Waals surface area contributed by atoms with Crippen LogP contribution in [0.25, 0.3) is 0 Å². The molecule has 1 saturated heterocycles. The van der Waals surface area contributed by atoms with E-state index in [1.54, 1.807) is 24.3 Å². The van der Waals surface area contributed by atoms with E-state index in [4.69, 9.17) is 4.74 Å². The highest BCUT2D eigenvalue weighted by molar-refractivity contribution is 5.95. The fourth-order valence-electron chi connectivity index (χ4n) is 3.49. The zero-order chi connectivity index (χ0) is 19.5. The standard InChI is InChI=1S/C19H22N6O3/c1-28-17-6-7-20-18(23-17)24-8-10-25(11-9-24)19(27)22-15-12-16(26)21-14-5-3-2-4-13(14)15/h2-7,15H,8-12H2,1H3,(H,21,26)(H,22,27)/t15-/m0/s1. The number of hydrogen-bond donors (Lipinski definition) is 2. The third kappa shape index (κ3) is 3.68. The van der Waals surface area contributed by atoms with E-state index in [2.05, 4.69) is 20.6 Å². The molecular formula is C19H22N6O3. The monoisotopic (exact) mass is 382 g/mol. The van der Waals surface area contributed by atoms with Crippen LogP contribution in [0.15, 0.2) is 36.5 Å². The molecule has 9 nitrogen and oxygen atoms in total. The van der Waals surface area contributed by atoms with E-state index in [9.17, 15) is 9.59 Å². The highest BCUT2D eigenvalue weighted by Crippen LogP contribution is 2.30. The Balaban J connectivity index is 1.38. The Morgan fingerprint density at radius 1 is 1.21 bits per heavy atom. The number of rotatable bonds is 3. The van der Waals surface area contributed by atoms with Crippen molar-refractivity contribution in [1.82, 2.24) is 20.2 Å². The molecule has 1 fully saturated rings. The van der Waals surface area contributed by atoms with Gasteiger partial charge < -0.3 is 25.2 Å². The van der Waals surface area contributed by atoms with E-state index in [0.29, 0.717) is 38.0 Å². The topological polar surface area (TPSA) is 99.7 Å². The van der Waals surface area contributed by atoms with Crippen LogP contribution in [0.2, 0.25) is 0 Å². The van der Waals surface area contributed by atoms with Gasteiger partial charge in [0.2, 0.25) is 17.7 Å². The summed E-state index contributed by atoms with van der Waals surface area (Å²) in [7, 11) is 1.57. The van der Waals surface area contributed by atoms with E-state index < -0.39 is 0 Å². The Bertz CT molecular complexity index is 881. The molecule has 2 aromatic rings. The van der Waals surface area contributed by atoms with Gasteiger partial charge in [-0.05, 0) is 11.6 Å². The first kappa shape index (κ1) is 18.0. The molecule has 0 bridgehead atoms. The number of para-hydroxylation sites is 1. The Labute approximate surface area is 162 Å². The minimum atomic E-state index is -0.322. The van der Waals surface area contributed by atoms with Crippen molar-refractivity contribution in [1.29, 1.82) is 0 Å². The fourth-order valence-corrected chi connectivity index (χ4v) is 3.49. The lowest BCUT2D eigenvalue weighted by atomic mass is 9.97. The second kappa shape index (κ2) is 7.71. The quantitative estimate of drug-likeness (QED) is 0.832. The van der Waals surface area contributed by atoms with Gasteiger partial charge in [-0.3, -0.25) is 4.79 Å². The van der Waals surface area contributed by atoms with Gasteiger partial charge >= 0.3 is 6.03 Å². The first-order chi connectivity index (χ1) is 13.6. The summed E-state index contributed by atoms with van der Waals surface area (Å²) in [5, 5.41) is 5.85. The molecule has 2 aliphatic heterocycles. The SMILES string of the molecule is COc1ccnc(N2CCN(C(=O)N[C@H]3CC(=O)Nc4ccccc43)CC2)n1. The maximum absolute atomic E-state index is 12.7. The van der Waals surface area contributed by atoms with Crippen molar-refractivity contribution in [2.45, 2.75) is 12.5 Å². The van der Waals surface area contributed by atoms with Crippen molar-refractivity contribution in [3.05, 3.63) is 42.1 Å². The van der Waals surface area contributed by atoms with Crippen LogP contribution >= 0.6 is 0 Å². The van der Waals surface area contributed by atoms with Crippen molar-refractivity contribution >= 4 is 23.6 Å². The number of methoxy groups -OCH3 is 1. The minimum Gasteiger partial charge on any atom is -0.481 e. The summed E-state index contributed by atoms with van der Waals surface area (Å²) in [6, 6.07) is 8.76. The third-order valence-corrected chi connectivity index (χ3v) is 4.97. The third-order valence-electron chi connectivity index (χ3n) is 4.97. The van der Waals surface area contributed by atoms with Crippen LogP contribution in [0.3, 0.4) is 0 Å². The number of anilines is 2. The molecule has 2 aliphatic rings. The number of hydrogen-bond acceptors (Lipinski definition) is 6. The molecule has 146 valence electrons. The first-order valence-corrected chi connectivity index (χ1v) is 9.20. The molecule has 1 aromatic carbocycles. The Hall–Kier alpha value is -3.36. The molecule has 9 heteroatoms. The second-order valence-corrected chi connectivity index (χ2v) is 6.71. The van der Waals surface area contributed by atoms with Gasteiger partial charge in [0.15, 0.2) is 0 Å². The van der Waals surface area contributed by atoms with Crippen molar-refractivity contribution in [3.63, 3.8) is 0 Å². The minimum absolute atomic E-state index is 0.0935. The molecule has 3 heterocycles. The van der Waals surface area contributed by atoms with Crippen LogP contribution in [0.1, 0.15) is 18.0 Å². The predicted octanol–water partition coefficient (Wildman–Crippen LogP) is 1.40. The number of amides is 3. The summed E-state index contributed by atoms with van der Waals surface area (Å²) in [6.07, 6.45) is 1.90. The van der Waals surface area contributed by atoms with Gasteiger partial charge in [0.05, 0.1) is 19.6 Å². The molecule has 1 aromatic heterocycles. The molecule has 4 rings (SSSR count). The fraction of sp³-hybridized carbons (Fsp3) is 0.368. The van der Waals surface area contributed by atoms with Crippen molar-refractivity contribution in [2.75, 3.05) is 43.5 Å². The predicted molar refractivity (Wildman–Crippen MR) is 103 cm³/mol. The number of nitrogens with zero attached hydrogens (tertiary/aromatic N) is 4. The van der Waals surface area contributed by atoms with Crippen LogP contribution in [0.5, 0.6) is 5.88 Å². The summed E-state index contributed by atoms with van der Waals surface area (Å²) in [4.78, 5) is 37.1. The van der Waals surface area contributed by atoms with Crippen LogP contribution in [-0.2, 0) is 4.79 Å². The molecular weight excluding hydrogens is 360 g/mol. The maximum Gasteiger partial charge on any atom is 0.318 e. The van der Waals surface area contributed by atoms with Gasteiger partial charge in [-0.2, -0.15) is 4.98 Å². The van der Waals surface area contributed by atoms with Crippen LogP contribution in [0, 0.1) is 0 Å². The lowest BCUT2D eigenvalue weighted by Gasteiger charge is -2.36. The van der Waals surface area contributed by atoms with Crippen LogP contribution in [-0.4, -0.2) is 60.1 Å². The second-order valence-electron chi connectivity index (χ2n) is 6.71. The van der Waals surface area contributed by atoms with Gasteiger partial charge in [0, 0.05) is 44.1 Å². The zero-order valence-electron chi connectivity index (χ0n) is 15.6. The summed E-state index contributed by atoms with van der Waals surface area (Å²) < 4.78 is 5.14. The van der Waals surface area contributed by atoms with E-state index in [-0.39, 0.29) is 24.4 Å². The smallest absolute Gasteiger partial charge is 0.318 e. The average molecular weight is 382 g/mol. The van der Waals surface area contributed by atoms with E-state index in [1.165, 1.54) is 0 Å². The van der Waals surface area contributed by atoms with Crippen LogP contribution < -0.4 is 20.3 Å². The van der Waals surface area contributed by atoms with Crippen molar-refractivity contribution < 1.29 is 14.3 Å².